The van der Waals surface area contributed by atoms with Gasteiger partial charge >= 0.3 is 5.97 Å². The number of aliphatic hydroxyl groups is 2. The summed E-state index contributed by atoms with van der Waals surface area (Å²) in [7, 11) is 4.76. The van der Waals surface area contributed by atoms with Crippen LogP contribution in [0.5, 0.6) is 0 Å². The summed E-state index contributed by atoms with van der Waals surface area (Å²) < 4.78 is 37.7. The van der Waals surface area contributed by atoms with Crippen molar-refractivity contribution in [3.8, 4) is 0 Å². The van der Waals surface area contributed by atoms with Crippen molar-refractivity contribution in [2.75, 3.05) is 34.5 Å². The number of ketones is 2. The van der Waals surface area contributed by atoms with Gasteiger partial charge in [0.1, 0.15) is 24.0 Å². The number of carbonyl (C=O) groups is 4. The van der Waals surface area contributed by atoms with Gasteiger partial charge in [-0.3, -0.25) is 14.4 Å². The molecule has 1 amide bonds. The molecule has 13 nitrogen and oxygen atoms in total. The van der Waals surface area contributed by atoms with Crippen LogP contribution in [-0.2, 0) is 47.6 Å². The van der Waals surface area contributed by atoms with E-state index >= 15 is 0 Å². The third kappa shape index (κ3) is 13.6. The van der Waals surface area contributed by atoms with E-state index in [-0.39, 0.29) is 55.6 Å². The van der Waals surface area contributed by atoms with E-state index in [0.717, 1.165) is 28.5 Å². The summed E-state index contributed by atoms with van der Waals surface area (Å²) in [5, 5.41) is 24.0. The van der Waals surface area contributed by atoms with Gasteiger partial charge in [0.2, 0.25) is 5.79 Å². The van der Waals surface area contributed by atoms with E-state index in [1.807, 2.05) is 63.3 Å². The normalized spacial score (nSPS) is 37.2. The molecule has 2 saturated heterocycles. The molecule has 0 aromatic heterocycles. The van der Waals surface area contributed by atoms with Crippen LogP contribution in [-0.4, -0.2) is 128 Å². The third-order valence-corrected chi connectivity index (χ3v) is 15.0. The topological polar surface area (TPSA) is 167 Å². The van der Waals surface area contributed by atoms with E-state index in [1.165, 1.54) is 19.1 Å². The van der Waals surface area contributed by atoms with Gasteiger partial charge in [-0.15, -0.1) is 0 Å². The number of methoxy groups -OCH3 is 3. The summed E-state index contributed by atoms with van der Waals surface area (Å²) in [6.07, 6.45) is 8.84. The maximum Gasteiger partial charge on any atom is 0.329 e. The lowest BCUT2D eigenvalue weighted by molar-refractivity contribution is -0.302. The lowest BCUT2D eigenvalue weighted by Gasteiger charge is -2.47. The molecule has 2 N–H and O–H groups in total. The molecule has 4 aliphatic rings. The lowest BCUT2D eigenvalue weighted by atomic mass is 9.81. The number of aliphatic hydroxyl groups excluding tert-OH is 1. The molecular formula is C52H76BrNO12. The first-order chi connectivity index (χ1) is 31.4. The smallest absolute Gasteiger partial charge is 0.329 e. The number of allylic oxidation sites excluding steroid dienone is 3. The summed E-state index contributed by atoms with van der Waals surface area (Å²) in [5.41, 5.74) is 2.77. The average Bonchev–Trinajstić information content (AvgIpc) is 3.30. The van der Waals surface area contributed by atoms with E-state index < -0.39 is 77.8 Å². The fraction of sp³-hybridized carbons (Fsp3) is 0.692. The molecule has 66 heavy (non-hydrogen) atoms. The molecule has 14 unspecified atom stereocenters. The van der Waals surface area contributed by atoms with Gasteiger partial charge in [0.25, 0.3) is 11.7 Å². The van der Waals surface area contributed by atoms with Crippen molar-refractivity contribution in [1.82, 2.24) is 4.90 Å². The third-order valence-electron chi connectivity index (χ3n) is 14.5. The number of esters is 1. The highest BCUT2D eigenvalue weighted by molar-refractivity contribution is 9.10. The summed E-state index contributed by atoms with van der Waals surface area (Å²) in [6.45, 7) is 11.8. The van der Waals surface area contributed by atoms with E-state index in [9.17, 15) is 29.4 Å². The van der Waals surface area contributed by atoms with Crippen LogP contribution in [0, 0.1) is 29.6 Å². The standard InChI is InChI=1S/C52H76BrNO12/c1-10-38-25-31(2)24-32(3)26-45(62-8)48-46(63-9)28-34(5)52(60,66-48)49(57)50(58)54-22-12-11-15-40(54)51(59)65-47(35(6)41(55)30-42(38)56)33(4)27-37-18-21-43(44(29-37)61-7)64-23-13-14-36-16-19-39(53)20-17-36/h13-14,16-17,19-20,25,27,32,34-35,37-38,40-41,43-48,55,60H,10-12,15,18,21-24,26,28-30H2,1-9H3/b14-13?,31-25+,33-27?. The van der Waals surface area contributed by atoms with Crippen LogP contribution < -0.4 is 0 Å². The fourth-order valence-electron chi connectivity index (χ4n) is 10.5. The number of hydrogen-bond donors (Lipinski definition) is 2. The lowest BCUT2D eigenvalue weighted by Crippen LogP contribution is -2.64. The second-order valence-electron chi connectivity index (χ2n) is 19.4. The molecule has 3 aliphatic heterocycles. The quantitative estimate of drug-likeness (QED) is 0.132. The first-order valence-electron chi connectivity index (χ1n) is 24.1. The van der Waals surface area contributed by atoms with Gasteiger partial charge in [-0.2, -0.15) is 0 Å². The predicted octanol–water partition coefficient (Wildman–Crippen LogP) is 7.97. The molecule has 3 heterocycles. The van der Waals surface area contributed by atoms with Crippen LogP contribution in [0.15, 0.2) is 58.1 Å². The minimum atomic E-state index is -2.51. The van der Waals surface area contributed by atoms with Crippen LogP contribution in [0.2, 0.25) is 0 Å². The first-order valence-corrected chi connectivity index (χ1v) is 24.9. The van der Waals surface area contributed by atoms with Crippen LogP contribution in [0.25, 0.3) is 6.08 Å². The number of hydrogen-bond acceptors (Lipinski definition) is 12. The second kappa shape index (κ2) is 25.0. The molecule has 1 aromatic carbocycles. The Morgan fingerprint density at radius 1 is 0.909 bits per heavy atom. The Hall–Kier alpha value is -3.08. The zero-order valence-electron chi connectivity index (χ0n) is 40.6. The molecule has 0 radical (unpaired) electrons. The number of benzene rings is 1. The highest BCUT2D eigenvalue weighted by atomic mass is 79.9. The highest BCUT2D eigenvalue weighted by Gasteiger charge is 2.56. The number of nitrogens with zero attached hydrogens (tertiary/aromatic N) is 1. The maximum atomic E-state index is 14.5. The van der Waals surface area contributed by atoms with Crippen molar-refractivity contribution >= 4 is 45.4 Å². The van der Waals surface area contributed by atoms with Crippen LogP contribution in [0.4, 0.5) is 0 Å². The Balaban J connectivity index is 1.44. The van der Waals surface area contributed by atoms with Gasteiger partial charge in [0.05, 0.1) is 37.1 Å². The largest absolute Gasteiger partial charge is 0.456 e. The zero-order chi connectivity index (χ0) is 48.3. The minimum Gasteiger partial charge on any atom is -0.456 e. The Bertz CT molecular complexity index is 1880. The summed E-state index contributed by atoms with van der Waals surface area (Å²) in [5.74, 6) is -7.45. The molecule has 3 fully saturated rings. The van der Waals surface area contributed by atoms with E-state index in [2.05, 4.69) is 28.9 Å². The molecule has 14 atom stereocenters. The van der Waals surface area contributed by atoms with E-state index in [0.29, 0.717) is 50.7 Å². The number of cyclic esters (lactones) is 1. The number of amides is 1. The zero-order valence-corrected chi connectivity index (χ0v) is 42.2. The van der Waals surface area contributed by atoms with E-state index in [4.69, 9.17) is 28.4 Å². The summed E-state index contributed by atoms with van der Waals surface area (Å²) >= 11 is 3.47. The number of piperidine rings is 1. The molecule has 1 aromatic rings. The first kappa shape index (κ1) is 53.9. The van der Waals surface area contributed by atoms with Gasteiger partial charge in [0, 0.05) is 56.5 Å². The minimum absolute atomic E-state index is 0.0317. The number of ether oxygens (including phenoxy) is 6. The SMILES string of the molecule is CCC1/C=C(\C)CC(C)CC(OC)C2OC(O)(C(=O)C(=O)N3CCCCC3C(=O)OC(C(C)=CC3CCC(OCC=Cc4ccc(Br)cc4)C(OC)C3)C(C)C(O)CC1=O)C(C)CC2OC. The van der Waals surface area contributed by atoms with Crippen LogP contribution in [0.1, 0.15) is 118 Å². The number of rotatable bonds is 10. The maximum absolute atomic E-state index is 14.5. The van der Waals surface area contributed by atoms with Crippen molar-refractivity contribution in [2.45, 2.75) is 167 Å². The molecule has 368 valence electrons. The Morgan fingerprint density at radius 3 is 2.26 bits per heavy atom. The monoisotopic (exact) mass is 985 g/mol. The van der Waals surface area contributed by atoms with Crippen molar-refractivity contribution in [3.05, 3.63) is 63.7 Å². The Labute approximate surface area is 401 Å². The van der Waals surface area contributed by atoms with Crippen molar-refractivity contribution in [3.63, 3.8) is 0 Å². The molecule has 14 heteroatoms. The Morgan fingerprint density at radius 2 is 1.59 bits per heavy atom. The van der Waals surface area contributed by atoms with Crippen molar-refractivity contribution in [2.24, 2.45) is 29.6 Å². The van der Waals surface area contributed by atoms with Crippen LogP contribution in [0.3, 0.4) is 0 Å². The predicted molar refractivity (Wildman–Crippen MR) is 255 cm³/mol. The van der Waals surface area contributed by atoms with Gasteiger partial charge < -0.3 is 43.5 Å². The molecule has 1 aliphatic carbocycles. The molecule has 0 spiro atoms. The number of carbonyl (C=O) groups excluding carboxylic acids is 4. The molecule has 2 bridgehead atoms. The van der Waals surface area contributed by atoms with Gasteiger partial charge in [-0.05, 0) is 113 Å². The van der Waals surface area contributed by atoms with Crippen molar-refractivity contribution in [1.29, 1.82) is 0 Å². The van der Waals surface area contributed by atoms with E-state index in [1.54, 1.807) is 21.0 Å². The Kier molecular flexibility index (Phi) is 20.4. The molecule has 1 saturated carbocycles. The second-order valence-corrected chi connectivity index (χ2v) is 20.3. The van der Waals surface area contributed by atoms with Gasteiger partial charge in [-0.25, -0.2) is 4.79 Å². The highest BCUT2D eigenvalue weighted by Crippen LogP contribution is 2.39. The summed E-state index contributed by atoms with van der Waals surface area (Å²) in [4.78, 5) is 58.4. The number of fused-ring (bicyclic) bond motifs is 3. The number of Topliss-reactive ketones (excluding diaryl/α,β-unsaturated/α-hetero) is 2. The number of halogens is 1. The van der Waals surface area contributed by atoms with Crippen LogP contribution >= 0.6 is 15.9 Å². The average molecular weight is 987 g/mol. The van der Waals surface area contributed by atoms with Gasteiger partial charge in [-0.1, -0.05) is 85.6 Å². The molecular weight excluding hydrogens is 910 g/mol. The molecule has 5 rings (SSSR count). The van der Waals surface area contributed by atoms with Gasteiger partial charge in [0.15, 0.2) is 0 Å². The summed E-state index contributed by atoms with van der Waals surface area (Å²) in [6, 6.07) is 6.90. The fourth-order valence-corrected chi connectivity index (χ4v) is 10.8. The van der Waals surface area contributed by atoms with Crippen molar-refractivity contribution < 1.29 is 57.8 Å².